The van der Waals surface area contributed by atoms with Gasteiger partial charge in [-0.05, 0) is 0 Å². The first-order valence-corrected chi connectivity index (χ1v) is 42.4. The SMILES string of the molecule is O=S(=O)(O)OC[C@H]1O[C@@H](O[C@H]2[C@H](OS(=O)(=O)O)[C@@H](OS(=O)(=O)O)[C@@H](O[C@H]3O[C@H](COS(=O)(=O)O)[C@@H](OS(=O)(=O)O)[C@H](OS(=O)(=O)O)[C@H]3OS(=O)(=O)O)O[C@@H]2COS(=O)(=O)O)[C@H](OS(=O)(=O)O)[C@@H](OS(=O)(=O)O)[C@@H]1O[C@@H]1O[C@H](COS(=O)(=O)O)[C@@H](OS(=O)(=O)O)[C@H](OS(=O)(=O)O)[C@H]1OS(=O)(=O)O. The van der Waals surface area contributed by atoms with E-state index in [1.54, 1.807) is 0 Å². The fourth-order valence-corrected chi connectivity index (χ4v) is 14.5. The van der Waals surface area contributed by atoms with Gasteiger partial charge in [0.05, 0.1) is 26.4 Å². The molecule has 0 saturated carbocycles. The first kappa shape index (κ1) is 91.3. The van der Waals surface area contributed by atoms with Crippen molar-refractivity contribution in [3.8, 4) is 0 Å². The molecule has 0 bridgehead atoms. The third-order valence-corrected chi connectivity index (χ3v) is 17.5. The van der Waals surface area contributed by atoms with Crippen molar-refractivity contribution in [2.45, 2.75) is 123 Å². The summed E-state index contributed by atoms with van der Waals surface area (Å²) < 4.78 is 573. The highest BCUT2D eigenvalue weighted by Crippen LogP contribution is 2.42. The second-order valence-corrected chi connectivity index (χ2v) is 33.1. The van der Waals surface area contributed by atoms with Gasteiger partial charge in [0.25, 0.3) is 0 Å². The van der Waals surface area contributed by atoms with E-state index in [0.717, 1.165) is 0 Å². The second kappa shape index (κ2) is 33.0. The highest BCUT2D eigenvalue weighted by Gasteiger charge is 2.63. The van der Waals surface area contributed by atoms with Gasteiger partial charge in [-0.15, -0.1) is 0 Å². The van der Waals surface area contributed by atoms with E-state index < -0.39 is 295 Å². The van der Waals surface area contributed by atoms with Crippen LogP contribution < -0.4 is 0 Å². The van der Waals surface area contributed by atoms with Gasteiger partial charge in [-0.1, -0.05) is 0 Å². The van der Waals surface area contributed by atoms with Crippen LogP contribution in [0.4, 0.5) is 0 Å². The normalized spacial score (nSPS) is 32.5. The summed E-state index contributed by atoms with van der Waals surface area (Å²) in [5.41, 5.74) is 0. The lowest BCUT2D eigenvalue weighted by molar-refractivity contribution is -0.387. The number of hydrogen-bond acceptors (Lipinski definition) is 49. The first-order valence-electron chi connectivity index (χ1n) is 23.3. The van der Waals surface area contributed by atoms with Crippen LogP contribution in [0.2, 0.25) is 0 Å². The average Bonchev–Trinajstić information content (AvgIpc) is 0.759. The summed E-state index contributed by atoms with van der Waals surface area (Å²) in [6, 6.07) is 0. The van der Waals surface area contributed by atoms with Crippen LogP contribution in [-0.4, -0.2) is 331 Å². The van der Waals surface area contributed by atoms with E-state index in [1.165, 1.54) is 0 Å². The summed E-state index contributed by atoms with van der Waals surface area (Å²) in [4.78, 5) is 0. The molecule has 0 spiro atoms. The molecule has 77 heteroatoms. The monoisotopic (exact) mass is 1790 g/mol. The van der Waals surface area contributed by atoms with Crippen LogP contribution in [-0.2, 0) is 237 Å². The van der Waals surface area contributed by atoms with Crippen LogP contribution >= 0.6 is 0 Å². The van der Waals surface area contributed by atoms with Crippen molar-refractivity contribution in [2.75, 3.05) is 26.4 Å². The Morgan fingerprint density at radius 2 is 0.317 bits per heavy atom. The third-order valence-electron chi connectivity index (χ3n) is 11.1. The van der Waals surface area contributed by atoms with Crippen LogP contribution in [0.15, 0.2) is 0 Å². The van der Waals surface area contributed by atoms with E-state index in [4.69, 9.17) is 33.2 Å². The molecule has 0 aromatic rings. The lowest BCUT2D eigenvalue weighted by Crippen LogP contribution is -2.69. The summed E-state index contributed by atoms with van der Waals surface area (Å²) in [7, 11) is -90.5. The van der Waals surface area contributed by atoms with E-state index in [2.05, 4.69) is 58.6 Å². The van der Waals surface area contributed by atoms with Gasteiger partial charge in [-0.3, -0.25) is 63.7 Å². The van der Waals surface area contributed by atoms with Crippen molar-refractivity contribution in [2.24, 2.45) is 0 Å². The van der Waals surface area contributed by atoms with Crippen molar-refractivity contribution in [3.05, 3.63) is 0 Å². The fraction of sp³-hybridized carbons (Fsp3) is 1.00. The molecule has 0 radical (unpaired) electrons. The van der Waals surface area contributed by atoms with E-state index in [1.807, 2.05) is 0 Å². The lowest BCUT2D eigenvalue weighted by atomic mass is 9.96. The zero-order chi connectivity index (χ0) is 78.2. The van der Waals surface area contributed by atoms with E-state index in [-0.39, 0.29) is 0 Å². The molecule has 0 aromatic carbocycles. The summed E-state index contributed by atoms with van der Waals surface area (Å²) in [6.45, 7) is -9.26. The molecule has 4 aliphatic heterocycles. The van der Waals surface area contributed by atoms with Crippen molar-refractivity contribution in [1.29, 1.82) is 0 Å². The van der Waals surface area contributed by atoms with Crippen LogP contribution in [0.25, 0.3) is 0 Å². The molecule has 63 nitrogen and oxygen atoms in total. The molecule has 4 aliphatic rings. The molecule has 101 heavy (non-hydrogen) atoms. The summed E-state index contributed by atoms with van der Waals surface area (Å²) >= 11 is 0. The number of ether oxygens (including phenoxy) is 7. The second-order valence-electron chi connectivity index (χ2n) is 18.2. The maximum absolute atomic E-state index is 12.8. The van der Waals surface area contributed by atoms with Crippen LogP contribution in [0, 0.1) is 0 Å². The number of hydrogen-bond donors (Lipinski definition) is 14. The van der Waals surface area contributed by atoms with E-state index >= 15 is 0 Å². The highest BCUT2D eigenvalue weighted by molar-refractivity contribution is 7.84. The van der Waals surface area contributed by atoms with Gasteiger partial charge >= 0.3 is 146 Å². The minimum Gasteiger partial charge on any atom is -0.341 e. The molecule has 4 heterocycles. The molecule has 4 rings (SSSR count). The van der Waals surface area contributed by atoms with Crippen molar-refractivity contribution >= 4 is 146 Å². The van der Waals surface area contributed by atoms with Crippen molar-refractivity contribution < 1.29 is 273 Å². The Hall–Kier alpha value is -2.10. The Morgan fingerprint density at radius 1 is 0.178 bits per heavy atom. The van der Waals surface area contributed by atoms with Gasteiger partial charge < -0.3 is 33.2 Å². The van der Waals surface area contributed by atoms with Crippen LogP contribution in [0.5, 0.6) is 0 Å². The lowest BCUT2D eigenvalue weighted by Gasteiger charge is -2.50. The Kier molecular flexibility index (Phi) is 29.8. The van der Waals surface area contributed by atoms with E-state index in [0.29, 0.717) is 0 Å². The Balaban J connectivity index is 2.18. The topological polar surface area (TPSA) is 955 Å². The molecular formula is C24H42O63S14. The van der Waals surface area contributed by atoms with Crippen molar-refractivity contribution in [1.82, 2.24) is 0 Å². The van der Waals surface area contributed by atoms with Crippen LogP contribution in [0.3, 0.4) is 0 Å². The van der Waals surface area contributed by atoms with Gasteiger partial charge in [0.15, 0.2) is 49.6 Å². The van der Waals surface area contributed by atoms with E-state index in [9.17, 15) is 182 Å². The third kappa shape index (κ3) is 33.5. The predicted molar refractivity (Wildman–Crippen MR) is 280 cm³/mol. The van der Waals surface area contributed by atoms with Gasteiger partial charge in [-0.25, -0.2) is 58.6 Å². The van der Waals surface area contributed by atoms with Gasteiger partial charge in [0.1, 0.15) is 73.2 Å². The Bertz CT molecular complexity index is 4610. The quantitative estimate of drug-likeness (QED) is 0.0255. The zero-order valence-electron chi connectivity index (χ0n) is 46.4. The molecule has 0 aromatic heterocycles. The maximum Gasteiger partial charge on any atom is 0.397 e. The zero-order valence-corrected chi connectivity index (χ0v) is 57.8. The largest absolute Gasteiger partial charge is 0.397 e. The minimum atomic E-state index is -6.81. The predicted octanol–water partition coefficient (Wildman–Crippen LogP) is -12.2. The molecule has 4 fully saturated rings. The smallest absolute Gasteiger partial charge is 0.341 e. The minimum absolute atomic E-state index is 2.19. The summed E-state index contributed by atoms with van der Waals surface area (Å²) in [5.74, 6) is 0. The average molecular weight is 1790 g/mol. The molecule has 0 aliphatic carbocycles. The van der Waals surface area contributed by atoms with Crippen molar-refractivity contribution in [3.63, 3.8) is 0 Å². The van der Waals surface area contributed by atoms with Gasteiger partial charge in [0.2, 0.25) is 0 Å². The molecule has 600 valence electrons. The number of rotatable bonds is 38. The fourth-order valence-electron chi connectivity index (χ4n) is 8.36. The Labute approximate surface area is 564 Å². The maximum atomic E-state index is 12.8. The summed E-state index contributed by atoms with van der Waals surface area (Å²) in [6.07, 6.45) is -73.8. The molecule has 20 atom stereocenters. The molecule has 4 saturated heterocycles. The van der Waals surface area contributed by atoms with Crippen LogP contribution in [0.1, 0.15) is 0 Å². The summed E-state index contributed by atoms with van der Waals surface area (Å²) in [5, 5.41) is 0. The van der Waals surface area contributed by atoms with Gasteiger partial charge in [-0.2, -0.15) is 118 Å². The first-order chi connectivity index (χ1) is 44.7. The standard InChI is InChI=1S/C24H42O63S14/c25-88(26,27)67-1-5-9(76-22-19(86-100(61,62)63)15(82-96(49,50)51)11(78-92(37,38)39)7(73-22)3-69-90(31,32)33)13(80-94(43,44)45)17(84-98(55,56)57)21(71-5)75-10-6(2-68-89(28,29)30)72-23(18(85-99(58,59)60)14(10)81-95(46,47)48)77-24-20(87-101(64,65)66)16(83-97(52,53)54)12(79-93(40,41)42)8(74-24)4-70-91(34,35)36/h5-24H,1-4H2,(H,25,26,27)(H,28,29,30)(H,31,32,33)(H,34,35,36)(H,37,38,39)(H,40,41,42)(H,43,44,45)(H,46,47,48)(H,49,50,51)(H,52,53,54)(H,55,56,57)(H,58,59,60)(H,61,62,63)(H,64,65,66)/t5-,6-,7-,8-,9-,10-,11-,12-,13+,14+,15+,16+,17-,18-,19-,20-,21+,22+,23-,24-/m1/s1. The van der Waals surface area contributed by atoms with Gasteiger partial charge in [0, 0.05) is 0 Å². The molecular weight excluding hydrogens is 1750 g/mol. The molecule has 14 N–H and O–H groups in total. The molecule has 0 unspecified atom stereocenters. The highest BCUT2D eigenvalue weighted by atomic mass is 32.3. The molecule has 0 amide bonds. The Morgan fingerprint density at radius 3 is 0.485 bits per heavy atom.